The number of anilines is 2. The molecule has 3 heterocycles. The Labute approximate surface area is 162 Å². The van der Waals surface area contributed by atoms with Crippen LogP contribution in [0, 0.1) is 17.0 Å². The Kier molecular flexibility index (Phi) is 5.82. The second-order valence-electron chi connectivity index (χ2n) is 6.63. The zero-order chi connectivity index (χ0) is 20.1. The van der Waals surface area contributed by atoms with E-state index in [2.05, 4.69) is 30.8 Å². The van der Waals surface area contributed by atoms with Gasteiger partial charge in [-0.25, -0.2) is 4.98 Å². The summed E-state index contributed by atoms with van der Waals surface area (Å²) < 4.78 is 3.55. The van der Waals surface area contributed by atoms with Crippen molar-refractivity contribution in [3.05, 3.63) is 52.7 Å². The molecule has 0 aliphatic heterocycles. The lowest BCUT2D eigenvalue weighted by Gasteiger charge is -2.18. The third kappa shape index (κ3) is 4.81. The Balaban J connectivity index is 1.77. The van der Waals surface area contributed by atoms with Gasteiger partial charge in [0.25, 0.3) is 0 Å². The van der Waals surface area contributed by atoms with Gasteiger partial charge in [0, 0.05) is 36.9 Å². The molecule has 3 rings (SSSR count). The summed E-state index contributed by atoms with van der Waals surface area (Å²) in [6.45, 7) is 6.65. The molecule has 0 saturated carbocycles. The molecule has 0 unspecified atom stereocenters. The fraction of sp³-hybridized carbons (Fsp3) is 0.412. The summed E-state index contributed by atoms with van der Waals surface area (Å²) in [5.41, 5.74) is 0.167. The first-order valence-electron chi connectivity index (χ1n) is 8.93. The van der Waals surface area contributed by atoms with Crippen LogP contribution in [0.1, 0.15) is 19.5 Å². The normalized spacial score (nSPS) is 13.1. The lowest BCUT2D eigenvalue weighted by atomic mass is 10.3. The van der Waals surface area contributed by atoms with Gasteiger partial charge in [0.1, 0.15) is 5.69 Å². The van der Waals surface area contributed by atoms with Crippen molar-refractivity contribution < 1.29 is 4.92 Å². The molecule has 0 saturated heterocycles. The molecule has 28 heavy (non-hydrogen) atoms. The van der Waals surface area contributed by atoms with Crippen molar-refractivity contribution >= 4 is 17.5 Å². The lowest BCUT2D eigenvalue weighted by Crippen LogP contribution is -2.26. The molecule has 0 fully saturated rings. The Morgan fingerprint density at radius 2 is 1.61 bits per heavy atom. The first-order valence-corrected chi connectivity index (χ1v) is 8.93. The van der Waals surface area contributed by atoms with Gasteiger partial charge in [-0.2, -0.15) is 15.2 Å². The van der Waals surface area contributed by atoms with Crippen LogP contribution in [0.2, 0.25) is 0 Å². The highest BCUT2D eigenvalue weighted by Crippen LogP contribution is 2.27. The molecule has 0 spiro atoms. The van der Waals surface area contributed by atoms with Crippen LogP contribution >= 0.6 is 0 Å². The van der Waals surface area contributed by atoms with Gasteiger partial charge >= 0.3 is 5.69 Å². The number of rotatable bonds is 9. The van der Waals surface area contributed by atoms with Crippen molar-refractivity contribution in [1.82, 2.24) is 29.5 Å². The van der Waals surface area contributed by atoms with Crippen molar-refractivity contribution in [3.63, 3.8) is 0 Å². The maximum Gasteiger partial charge on any atom is 0.332 e. The second kappa shape index (κ2) is 8.46. The molecule has 2 N–H and O–H groups in total. The molecular formula is C17H23N9O2. The highest BCUT2D eigenvalue weighted by molar-refractivity contribution is 5.61. The molecule has 3 aromatic rings. The molecule has 0 bridgehead atoms. The third-order valence-corrected chi connectivity index (χ3v) is 4.04. The van der Waals surface area contributed by atoms with E-state index in [-0.39, 0.29) is 23.6 Å². The van der Waals surface area contributed by atoms with Gasteiger partial charge in [0.15, 0.2) is 0 Å². The van der Waals surface area contributed by atoms with Crippen molar-refractivity contribution in [2.45, 2.75) is 45.9 Å². The summed E-state index contributed by atoms with van der Waals surface area (Å²) in [6, 6.07) is 3.53. The van der Waals surface area contributed by atoms with Gasteiger partial charge in [0.05, 0.1) is 18.0 Å². The average molecular weight is 385 g/mol. The van der Waals surface area contributed by atoms with E-state index in [1.807, 2.05) is 38.4 Å². The summed E-state index contributed by atoms with van der Waals surface area (Å²) in [7, 11) is 0. The van der Waals surface area contributed by atoms with Crippen LogP contribution < -0.4 is 10.6 Å². The smallest absolute Gasteiger partial charge is 0.332 e. The summed E-state index contributed by atoms with van der Waals surface area (Å²) in [5, 5.41) is 26.2. The Morgan fingerprint density at radius 1 is 1.04 bits per heavy atom. The molecule has 0 aliphatic rings. The number of nitrogens with zero attached hydrogens (tertiary/aromatic N) is 7. The van der Waals surface area contributed by atoms with Gasteiger partial charge in [-0.1, -0.05) is 0 Å². The fourth-order valence-corrected chi connectivity index (χ4v) is 2.87. The van der Waals surface area contributed by atoms with E-state index >= 15 is 0 Å². The molecule has 0 aromatic carbocycles. The average Bonchev–Trinajstić information content (AvgIpc) is 3.27. The van der Waals surface area contributed by atoms with Gasteiger partial charge in [0.2, 0.25) is 11.8 Å². The maximum absolute atomic E-state index is 11.5. The molecule has 11 nitrogen and oxygen atoms in total. The summed E-state index contributed by atoms with van der Waals surface area (Å²) in [6.07, 6.45) is 7.10. The van der Waals surface area contributed by atoms with E-state index in [0.29, 0.717) is 24.7 Å². The number of nitrogens with one attached hydrogen (secondary N) is 2. The number of hydrogen-bond acceptors (Lipinski definition) is 8. The SMILES string of the molecule is Cc1nc(N[C@@H](C)Cn2cccn2)nc(N[C@H](C)Cn2cccn2)c1[N+](=O)[O-]. The van der Waals surface area contributed by atoms with Crippen LogP contribution in [0.3, 0.4) is 0 Å². The molecular weight excluding hydrogens is 362 g/mol. The van der Waals surface area contributed by atoms with Gasteiger partial charge in [-0.15, -0.1) is 0 Å². The minimum absolute atomic E-state index is 0.0184. The maximum atomic E-state index is 11.5. The molecule has 0 amide bonds. The first kappa shape index (κ1) is 19.3. The van der Waals surface area contributed by atoms with E-state index in [9.17, 15) is 10.1 Å². The number of hydrogen-bond donors (Lipinski definition) is 2. The summed E-state index contributed by atoms with van der Waals surface area (Å²) in [5.74, 6) is 0.516. The number of nitro groups is 1. The number of aryl methyl sites for hydroxylation is 1. The van der Waals surface area contributed by atoms with Gasteiger partial charge in [-0.3, -0.25) is 19.5 Å². The Morgan fingerprint density at radius 3 is 2.11 bits per heavy atom. The predicted molar refractivity (Wildman–Crippen MR) is 104 cm³/mol. The quantitative estimate of drug-likeness (QED) is 0.423. The molecule has 0 aliphatic carbocycles. The zero-order valence-electron chi connectivity index (χ0n) is 16.0. The minimum Gasteiger partial charge on any atom is -0.360 e. The van der Waals surface area contributed by atoms with Crippen molar-refractivity contribution in [1.29, 1.82) is 0 Å². The highest BCUT2D eigenvalue weighted by atomic mass is 16.6. The van der Waals surface area contributed by atoms with Crippen LogP contribution in [0.5, 0.6) is 0 Å². The fourth-order valence-electron chi connectivity index (χ4n) is 2.87. The zero-order valence-corrected chi connectivity index (χ0v) is 16.0. The third-order valence-electron chi connectivity index (χ3n) is 4.04. The van der Waals surface area contributed by atoms with Crippen molar-refractivity contribution in [2.24, 2.45) is 0 Å². The van der Waals surface area contributed by atoms with Crippen LogP contribution in [-0.2, 0) is 13.1 Å². The van der Waals surface area contributed by atoms with Gasteiger partial charge in [-0.05, 0) is 32.9 Å². The topological polar surface area (TPSA) is 129 Å². The predicted octanol–water partition coefficient (Wildman–Crippen LogP) is 2.09. The van der Waals surface area contributed by atoms with Crippen LogP contribution in [-0.4, -0.2) is 46.5 Å². The van der Waals surface area contributed by atoms with Crippen LogP contribution in [0.15, 0.2) is 36.9 Å². The van der Waals surface area contributed by atoms with Crippen LogP contribution in [0.25, 0.3) is 0 Å². The first-order chi connectivity index (χ1) is 13.4. The van der Waals surface area contributed by atoms with Gasteiger partial charge < -0.3 is 10.6 Å². The molecule has 2 atom stereocenters. The van der Waals surface area contributed by atoms with E-state index in [0.717, 1.165) is 0 Å². The summed E-state index contributed by atoms with van der Waals surface area (Å²) >= 11 is 0. The monoisotopic (exact) mass is 385 g/mol. The molecule has 0 radical (unpaired) electrons. The largest absolute Gasteiger partial charge is 0.360 e. The van der Waals surface area contributed by atoms with Crippen molar-refractivity contribution in [3.8, 4) is 0 Å². The van der Waals surface area contributed by atoms with E-state index in [1.54, 1.807) is 28.7 Å². The lowest BCUT2D eigenvalue weighted by molar-refractivity contribution is -0.385. The van der Waals surface area contributed by atoms with Crippen LogP contribution in [0.4, 0.5) is 17.5 Å². The van der Waals surface area contributed by atoms with Crippen molar-refractivity contribution in [2.75, 3.05) is 10.6 Å². The van der Waals surface area contributed by atoms with E-state index in [1.165, 1.54) is 0 Å². The molecule has 3 aromatic heterocycles. The summed E-state index contributed by atoms with van der Waals surface area (Å²) in [4.78, 5) is 19.7. The minimum atomic E-state index is -0.463. The number of aromatic nitrogens is 6. The highest BCUT2D eigenvalue weighted by Gasteiger charge is 2.24. The van der Waals surface area contributed by atoms with E-state index in [4.69, 9.17) is 0 Å². The molecule has 148 valence electrons. The Bertz CT molecular complexity index is 909. The van der Waals surface area contributed by atoms with E-state index < -0.39 is 4.92 Å². The standard InChI is InChI=1S/C17H23N9O2/c1-12(10-24-8-4-6-18-24)20-16-15(26(27)28)14(3)22-17(23-16)21-13(2)11-25-9-5-7-19-25/h4-9,12-13H,10-11H2,1-3H3,(H2,20,21,22,23)/t12-,13+/m1/s1. The Hall–Kier alpha value is -3.50. The molecule has 11 heteroatoms. The second-order valence-corrected chi connectivity index (χ2v) is 6.63.